The molecule has 0 aromatic rings. The van der Waals surface area contributed by atoms with Crippen molar-refractivity contribution in [2.24, 2.45) is 11.3 Å². The van der Waals surface area contributed by atoms with Crippen molar-refractivity contribution in [3.8, 4) is 0 Å². The number of rotatable bonds is 5. The van der Waals surface area contributed by atoms with Gasteiger partial charge in [-0.1, -0.05) is 26.7 Å². The molecule has 0 aromatic heterocycles. The summed E-state index contributed by atoms with van der Waals surface area (Å²) in [5.74, 6) is 0.571. The molecule has 1 N–H and O–H groups in total. The molecule has 0 aliphatic heterocycles. The molecule has 0 heterocycles. The molecule has 106 valence electrons. The van der Waals surface area contributed by atoms with Crippen molar-refractivity contribution in [1.29, 1.82) is 0 Å². The zero-order valence-corrected chi connectivity index (χ0v) is 12.8. The van der Waals surface area contributed by atoms with Gasteiger partial charge in [0.05, 0.1) is 4.75 Å². The van der Waals surface area contributed by atoms with Crippen LogP contribution in [-0.4, -0.2) is 32.5 Å². The van der Waals surface area contributed by atoms with Crippen LogP contribution >= 0.6 is 0 Å². The third-order valence-electron chi connectivity index (χ3n) is 4.84. The Hall–Kier alpha value is -0.0900. The van der Waals surface area contributed by atoms with Crippen molar-refractivity contribution in [3.05, 3.63) is 0 Å². The van der Waals surface area contributed by atoms with Crippen molar-refractivity contribution in [2.75, 3.05) is 19.3 Å². The second-order valence-corrected chi connectivity index (χ2v) is 9.45. The first kappa shape index (κ1) is 14.3. The fourth-order valence-electron chi connectivity index (χ4n) is 3.90. The maximum absolute atomic E-state index is 12.1. The fourth-order valence-corrected chi connectivity index (χ4v) is 5.40. The molecule has 2 rings (SSSR count). The van der Waals surface area contributed by atoms with E-state index in [1.807, 2.05) is 0 Å². The average Bonchev–Trinajstić information content (AvgIpc) is 2.62. The quantitative estimate of drug-likeness (QED) is 0.836. The summed E-state index contributed by atoms with van der Waals surface area (Å²) in [4.78, 5) is 0. The van der Waals surface area contributed by atoms with Gasteiger partial charge in [-0.05, 0) is 43.6 Å². The number of sulfone groups is 1. The van der Waals surface area contributed by atoms with E-state index in [1.165, 1.54) is 31.9 Å². The largest absolute Gasteiger partial charge is 0.315 e. The molecule has 2 fully saturated rings. The molecule has 18 heavy (non-hydrogen) atoms. The zero-order chi connectivity index (χ0) is 13.4. The molecule has 0 amide bonds. The van der Waals surface area contributed by atoms with Gasteiger partial charge >= 0.3 is 0 Å². The topological polar surface area (TPSA) is 46.2 Å². The Kier molecular flexibility index (Phi) is 3.81. The second kappa shape index (κ2) is 4.78. The Labute approximate surface area is 112 Å². The monoisotopic (exact) mass is 273 g/mol. The van der Waals surface area contributed by atoms with E-state index in [4.69, 9.17) is 0 Å². The molecular formula is C14H27NO2S. The van der Waals surface area contributed by atoms with Crippen LogP contribution in [0.2, 0.25) is 0 Å². The average molecular weight is 273 g/mol. The third-order valence-corrected chi connectivity index (χ3v) is 6.85. The Morgan fingerprint density at radius 1 is 1.17 bits per heavy atom. The van der Waals surface area contributed by atoms with Gasteiger partial charge in [-0.15, -0.1) is 0 Å². The molecule has 0 atom stereocenters. The molecule has 1 spiro atoms. The highest BCUT2D eigenvalue weighted by atomic mass is 32.2. The van der Waals surface area contributed by atoms with E-state index in [1.54, 1.807) is 0 Å². The SMILES string of the molecule is CC(C)CNCC1(S(C)(=O)=O)CC2(CCCC2)C1. The lowest BCUT2D eigenvalue weighted by Crippen LogP contribution is -2.60. The molecule has 2 saturated carbocycles. The second-order valence-electron chi connectivity index (χ2n) is 7.04. The van der Waals surface area contributed by atoms with Crippen LogP contribution in [0, 0.1) is 11.3 Å². The van der Waals surface area contributed by atoms with Gasteiger partial charge in [0.2, 0.25) is 0 Å². The van der Waals surface area contributed by atoms with Gasteiger partial charge in [0.1, 0.15) is 0 Å². The number of hydrogen-bond acceptors (Lipinski definition) is 3. The lowest BCUT2D eigenvalue weighted by atomic mass is 9.60. The smallest absolute Gasteiger partial charge is 0.154 e. The highest BCUT2D eigenvalue weighted by molar-refractivity contribution is 7.92. The summed E-state index contributed by atoms with van der Waals surface area (Å²) in [5, 5.41) is 3.36. The van der Waals surface area contributed by atoms with Crippen molar-refractivity contribution in [1.82, 2.24) is 5.32 Å². The van der Waals surface area contributed by atoms with E-state index in [-0.39, 0.29) is 0 Å². The summed E-state index contributed by atoms with van der Waals surface area (Å²) < 4.78 is 23.8. The van der Waals surface area contributed by atoms with Gasteiger partial charge < -0.3 is 5.32 Å². The van der Waals surface area contributed by atoms with Gasteiger partial charge in [0, 0.05) is 12.8 Å². The number of hydrogen-bond donors (Lipinski definition) is 1. The van der Waals surface area contributed by atoms with Crippen molar-refractivity contribution in [2.45, 2.75) is 57.1 Å². The van der Waals surface area contributed by atoms with Gasteiger partial charge in [-0.3, -0.25) is 0 Å². The molecule has 0 bridgehead atoms. The molecule has 3 nitrogen and oxygen atoms in total. The molecule has 0 aromatic carbocycles. The lowest BCUT2D eigenvalue weighted by molar-refractivity contribution is 0.0811. The van der Waals surface area contributed by atoms with E-state index in [0.717, 1.165) is 19.4 Å². The molecule has 2 aliphatic carbocycles. The first-order valence-electron chi connectivity index (χ1n) is 7.19. The van der Waals surface area contributed by atoms with Gasteiger partial charge in [-0.2, -0.15) is 0 Å². The van der Waals surface area contributed by atoms with Crippen LogP contribution in [0.5, 0.6) is 0 Å². The van der Waals surface area contributed by atoms with E-state index in [2.05, 4.69) is 19.2 Å². The highest BCUT2D eigenvalue weighted by Crippen LogP contribution is 2.60. The molecule has 0 unspecified atom stereocenters. The standard InChI is InChI=1S/C14H27NO2S/c1-12(2)8-15-11-14(18(3,16)17)9-13(10-14)6-4-5-7-13/h12,15H,4-11H2,1-3H3. The lowest BCUT2D eigenvalue weighted by Gasteiger charge is -2.54. The Morgan fingerprint density at radius 2 is 1.72 bits per heavy atom. The van der Waals surface area contributed by atoms with Crippen LogP contribution in [0.15, 0.2) is 0 Å². The van der Waals surface area contributed by atoms with Crippen molar-refractivity contribution in [3.63, 3.8) is 0 Å². The van der Waals surface area contributed by atoms with Crippen LogP contribution in [-0.2, 0) is 9.84 Å². The number of nitrogens with one attached hydrogen (secondary N) is 1. The first-order chi connectivity index (χ1) is 8.29. The minimum atomic E-state index is -2.95. The van der Waals surface area contributed by atoms with Crippen LogP contribution < -0.4 is 5.32 Å². The van der Waals surface area contributed by atoms with Crippen molar-refractivity contribution >= 4 is 9.84 Å². The summed E-state index contributed by atoms with van der Waals surface area (Å²) in [6.45, 7) is 5.86. The van der Waals surface area contributed by atoms with E-state index in [0.29, 0.717) is 17.9 Å². The maximum Gasteiger partial charge on any atom is 0.154 e. The Bertz CT molecular complexity index is 386. The van der Waals surface area contributed by atoms with Gasteiger partial charge in [0.25, 0.3) is 0 Å². The predicted molar refractivity (Wildman–Crippen MR) is 75.4 cm³/mol. The van der Waals surface area contributed by atoms with Gasteiger partial charge in [0.15, 0.2) is 9.84 Å². The van der Waals surface area contributed by atoms with Crippen LogP contribution in [0.3, 0.4) is 0 Å². The summed E-state index contributed by atoms with van der Waals surface area (Å²) in [6.07, 6.45) is 8.28. The molecule has 0 saturated heterocycles. The first-order valence-corrected chi connectivity index (χ1v) is 9.08. The normalized spacial score (nSPS) is 25.6. The van der Waals surface area contributed by atoms with Gasteiger partial charge in [-0.25, -0.2) is 8.42 Å². The fraction of sp³-hybridized carbons (Fsp3) is 1.00. The van der Waals surface area contributed by atoms with E-state index >= 15 is 0 Å². The summed E-state index contributed by atoms with van der Waals surface area (Å²) in [6, 6.07) is 0. The van der Waals surface area contributed by atoms with E-state index < -0.39 is 14.6 Å². The highest BCUT2D eigenvalue weighted by Gasteiger charge is 2.59. The van der Waals surface area contributed by atoms with Crippen molar-refractivity contribution < 1.29 is 8.42 Å². The minimum Gasteiger partial charge on any atom is -0.315 e. The van der Waals surface area contributed by atoms with Crippen LogP contribution in [0.1, 0.15) is 52.4 Å². The predicted octanol–water partition coefficient (Wildman–Crippen LogP) is 2.37. The summed E-state index contributed by atoms with van der Waals surface area (Å²) in [5.41, 5.74) is 0.378. The Balaban J connectivity index is 1.99. The molecule has 4 heteroatoms. The summed E-state index contributed by atoms with van der Waals surface area (Å²) in [7, 11) is -2.95. The minimum absolute atomic E-state index is 0.378. The van der Waals surface area contributed by atoms with Crippen LogP contribution in [0.25, 0.3) is 0 Å². The molecule has 2 aliphatic rings. The Morgan fingerprint density at radius 3 is 2.17 bits per heavy atom. The summed E-state index contributed by atoms with van der Waals surface area (Å²) >= 11 is 0. The zero-order valence-electron chi connectivity index (χ0n) is 12.0. The van der Waals surface area contributed by atoms with E-state index in [9.17, 15) is 8.42 Å². The molecule has 0 radical (unpaired) electrons. The third kappa shape index (κ3) is 2.60. The van der Waals surface area contributed by atoms with Crippen LogP contribution in [0.4, 0.5) is 0 Å². The maximum atomic E-state index is 12.1. The molecular weight excluding hydrogens is 246 g/mol.